The maximum Gasteiger partial charge on any atom is 0.283 e. The van der Waals surface area contributed by atoms with Crippen LogP contribution in [0.2, 0.25) is 0 Å². The van der Waals surface area contributed by atoms with Crippen LogP contribution in [0.5, 0.6) is 0 Å². The summed E-state index contributed by atoms with van der Waals surface area (Å²) in [5.74, 6) is 1.77. The molecule has 5 N–H and O–H groups in total. The molecule has 0 atom stereocenters. The third-order valence-electron chi connectivity index (χ3n) is 1.22. The monoisotopic (exact) mass is 181 g/mol. The van der Waals surface area contributed by atoms with Crippen LogP contribution < -0.4 is 15.5 Å². The van der Waals surface area contributed by atoms with E-state index in [0.29, 0.717) is 0 Å². The van der Waals surface area contributed by atoms with Gasteiger partial charge < -0.3 is 0 Å². The summed E-state index contributed by atoms with van der Waals surface area (Å²) in [6, 6.07) is 0. The highest BCUT2D eigenvalue weighted by Gasteiger charge is 2.21. The van der Waals surface area contributed by atoms with E-state index >= 15 is 0 Å². The predicted octanol–water partition coefficient (Wildman–Crippen LogP) is 0.660. The molecule has 10 heavy (non-hydrogen) atoms. The third kappa shape index (κ3) is 4.30. The molecule has 0 aromatic heterocycles. The standard InChI is InChI=1S/C4H12N3OPS/c5-9(6,8)7-10-3-4-1-2-4/h4H,1-3H2,(H5,5,6,7,8). The van der Waals surface area contributed by atoms with Gasteiger partial charge in [0.25, 0.3) is 7.59 Å². The van der Waals surface area contributed by atoms with Gasteiger partial charge in [0.15, 0.2) is 0 Å². The fourth-order valence-corrected chi connectivity index (χ4v) is 2.21. The highest BCUT2D eigenvalue weighted by atomic mass is 32.2. The molecular formula is C4H12N3OPS. The molecule has 0 bridgehead atoms. The Hall–Kier alpha value is 0.460. The Morgan fingerprint density at radius 2 is 2.20 bits per heavy atom. The van der Waals surface area contributed by atoms with E-state index in [9.17, 15) is 4.57 Å². The highest BCUT2D eigenvalue weighted by Crippen LogP contribution is 2.33. The molecule has 1 fully saturated rings. The van der Waals surface area contributed by atoms with E-state index in [4.69, 9.17) is 11.0 Å². The Bertz CT molecular complexity index is 155. The zero-order valence-electron chi connectivity index (χ0n) is 5.62. The van der Waals surface area contributed by atoms with Crippen molar-refractivity contribution in [1.82, 2.24) is 4.49 Å². The van der Waals surface area contributed by atoms with E-state index in [0.717, 1.165) is 11.7 Å². The molecule has 4 nitrogen and oxygen atoms in total. The molecule has 1 rings (SSSR count). The number of nitrogens with two attached hydrogens (primary N) is 2. The Morgan fingerprint density at radius 1 is 1.60 bits per heavy atom. The first-order valence-electron chi connectivity index (χ1n) is 3.14. The van der Waals surface area contributed by atoms with Gasteiger partial charge in [-0.15, -0.1) is 0 Å². The fourth-order valence-electron chi connectivity index (χ4n) is 0.541. The van der Waals surface area contributed by atoms with Crippen molar-refractivity contribution in [2.75, 3.05) is 5.75 Å². The molecule has 0 aromatic rings. The fraction of sp³-hybridized carbons (Fsp3) is 1.00. The molecule has 6 heteroatoms. The Balaban J connectivity index is 1.99. The largest absolute Gasteiger partial charge is 0.283 e. The van der Waals surface area contributed by atoms with E-state index in [2.05, 4.69) is 4.49 Å². The van der Waals surface area contributed by atoms with Crippen LogP contribution in [-0.4, -0.2) is 5.75 Å². The van der Waals surface area contributed by atoms with Crippen LogP contribution >= 0.6 is 19.5 Å². The topological polar surface area (TPSA) is 81.1 Å². The normalized spacial score (nSPS) is 19.4. The molecule has 0 radical (unpaired) electrons. The van der Waals surface area contributed by atoms with Crippen LogP contribution in [0.25, 0.3) is 0 Å². The van der Waals surface area contributed by atoms with Crippen LogP contribution in [0.4, 0.5) is 0 Å². The van der Waals surface area contributed by atoms with E-state index in [1.165, 1.54) is 24.8 Å². The lowest BCUT2D eigenvalue weighted by atomic mass is 10.5. The van der Waals surface area contributed by atoms with E-state index < -0.39 is 7.59 Å². The molecule has 1 aliphatic carbocycles. The van der Waals surface area contributed by atoms with E-state index in [1.807, 2.05) is 0 Å². The maximum absolute atomic E-state index is 10.6. The second kappa shape index (κ2) is 3.24. The van der Waals surface area contributed by atoms with Crippen LogP contribution in [0.1, 0.15) is 12.8 Å². The van der Waals surface area contributed by atoms with Gasteiger partial charge in [0, 0.05) is 5.75 Å². The molecule has 0 unspecified atom stereocenters. The number of nitrogens with one attached hydrogen (secondary N) is 1. The average molecular weight is 181 g/mol. The molecule has 60 valence electrons. The molecule has 0 aromatic carbocycles. The minimum atomic E-state index is -2.98. The minimum absolute atomic E-state index is 0.795. The van der Waals surface area contributed by atoms with Gasteiger partial charge in [-0.3, -0.25) is 15.6 Å². The van der Waals surface area contributed by atoms with Crippen LogP contribution in [0, 0.1) is 5.92 Å². The van der Waals surface area contributed by atoms with Crippen molar-refractivity contribution in [2.45, 2.75) is 12.8 Å². The lowest BCUT2D eigenvalue weighted by molar-refractivity contribution is 0.575. The summed E-state index contributed by atoms with van der Waals surface area (Å²) in [5.41, 5.74) is 10.1. The van der Waals surface area contributed by atoms with Crippen molar-refractivity contribution in [2.24, 2.45) is 16.9 Å². The van der Waals surface area contributed by atoms with Gasteiger partial charge in [-0.05, 0) is 18.8 Å². The third-order valence-corrected chi connectivity index (χ3v) is 3.52. The molecule has 0 spiro atoms. The van der Waals surface area contributed by atoms with Crippen LogP contribution in [0.3, 0.4) is 0 Å². The number of hydrogen-bond acceptors (Lipinski definition) is 2. The maximum atomic E-state index is 10.6. The lowest BCUT2D eigenvalue weighted by Gasteiger charge is -2.05. The summed E-state index contributed by atoms with van der Waals surface area (Å²) in [4.78, 5) is 0. The first kappa shape index (κ1) is 8.56. The van der Waals surface area contributed by atoms with Gasteiger partial charge in [0.05, 0.1) is 0 Å². The smallest absolute Gasteiger partial charge is 0.271 e. The predicted molar refractivity (Wildman–Crippen MR) is 44.3 cm³/mol. The molecule has 0 aliphatic heterocycles. The molecule has 1 saturated carbocycles. The van der Waals surface area contributed by atoms with E-state index in [1.54, 1.807) is 0 Å². The van der Waals surface area contributed by atoms with Gasteiger partial charge in [0.2, 0.25) is 0 Å². The summed E-state index contributed by atoms with van der Waals surface area (Å²) in [6.45, 7) is 0. The van der Waals surface area contributed by atoms with Crippen molar-refractivity contribution in [3.05, 3.63) is 0 Å². The lowest BCUT2D eigenvalue weighted by Crippen LogP contribution is -2.16. The molecule has 1 aliphatic rings. The zero-order chi connectivity index (χ0) is 7.61. The zero-order valence-corrected chi connectivity index (χ0v) is 7.33. The van der Waals surface area contributed by atoms with Crippen molar-refractivity contribution < 1.29 is 4.57 Å². The molecule has 0 saturated heterocycles. The Labute approximate surface area is 64.8 Å². The molecule has 0 amide bonds. The summed E-state index contributed by atoms with van der Waals surface area (Å²) in [7, 11) is -2.98. The second-order valence-corrected chi connectivity index (χ2v) is 5.33. The summed E-state index contributed by atoms with van der Waals surface area (Å²) in [5, 5.41) is 0. The average Bonchev–Trinajstić information content (AvgIpc) is 2.45. The molecular weight excluding hydrogens is 169 g/mol. The number of hydrogen-bond donors (Lipinski definition) is 3. The van der Waals surface area contributed by atoms with Gasteiger partial charge >= 0.3 is 0 Å². The van der Waals surface area contributed by atoms with E-state index in [-0.39, 0.29) is 0 Å². The Kier molecular flexibility index (Phi) is 2.77. The first-order chi connectivity index (χ1) is 4.58. The van der Waals surface area contributed by atoms with Crippen molar-refractivity contribution >= 4 is 19.5 Å². The summed E-state index contributed by atoms with van der Waals surface area (Å²) >= 11 is 1.37. The number of rotatable bonds is 4. The Morgan fingerprint density at radius 3 is 2.60 bits per heavy atom. The van der Waals surface area contributed by atoms with Crippen molar-refractivity contribution in [1.29, 1.82) is 0 Å². The van der Waals surface area contributed by atoms with Gasteiger partial charge in [-0.1, -0.05) is 11.9 Å². The summed E-state index contributed by atoms with van der Waals surface area (Å²) < 4.78 is 13.2. The highest BCUT2D eigenvalue weighted by molar-refractivity contribution is 8.02. The van der Waals surface area contributed by atoms with Crippen molar-refractivity contribution in [3.8, 4) is 0 Å². The second-order valence-electron chi connectivity index (χ2n) is 2.56. The van der Waals surface area contributed by atoms with Gasteiger partial charge in [-0.2, -0.15) is 4.49 Å². The first-order valence-corrected chi connectivity index (χ1v) is 5.97. The SMILES string of the molecule is NP(N)(=O)NSCC1CC1. The van der Waals surface area contributed by atoms with Crippen molar-refractivity contribution in [3.63, 3.8) is 0 Å². The van der Waals surface area contributed by atoms with Gasteiger partial charge in [0.1, 0.15) is 0 Å². The quantitative estimate of drug-likeness (QED) is 0.438. The van der Waals surface area contributed by atoms with Crippen LogP contribution in [-0.2, 0) is 4.57 Å². The summed E-state index contributed by atoms with van der Waals surface area (Å²) in [6.07, 6.45) is 2.57. The van der Waals surface area contributed by atoms with Gasteiger partial charge in [-0.25, -0.2) is 0 Å². The molecule has 0 heterocycles. The van der Waals surface area contributed by atoms with Crippen LogP contribution in [0.15, 0.2) is 0 Å². The minimum Gasteiger partial charge on any atom is -0.271 e.